The first-order valence-corrected chi connectivity index (χ1v) is 12.7. The Morgan fingerprint density at radius 2 is 1.53 bits per heavy atom. The molecule has 0 spiro atoms. The van der Waals surface area contributed by atoms with Crippen molar-refractivity contribution in [3.8, 4) is 0 Å². The van der Waals surface area contributed by atoms with Crippen molar-refractivity contribution in [2.24, 2.45) is 0 Å². The van der Waals surface area contributed by atoms with Crippen molar-refractivity contribution in [1.82, 2.24) is 10.0 Å². The lowest BCUT2D eigenvalue weighted by molar-refractivity contribution is -0.121. The second kappa shape index (κ2) is 10.9. The molecule has 0 heterocycles. The van der Waals surface area contributed by atoms with Crippen LogP contribution in [-0.2, 0) is 21.2 Å². The maximum absolute atomic E-state index is 12.7. The van der Waals surface area contributed by atoms with Crippen LogP contribution in [0.1, 0.15) is 49.0 Å². The Labute approximate surface area is 198 Å². The topological polar surface area (TPSA) is 75.3 Å². The van der Waals surface area contributed by atoms with Crippen molar-refractivity contribution in [1.29, 1.82) is 0 Å². The van der Waals surface area contributed by atoms with Crippen molar-refractivity contribution in [3.05, 3.63) is 100 Å². The van der Waals surface area contributed by atoms with E-state index in [1.807, 2.05) is 68.4 Å². The molecule has 2 N–H and O–H groups in total. The minimum atomic E-state index is -3.64. The highest BCUT2D eigenvalue weighted by Crippen LogP contribution is 2.19. The Morgan fingerprint density at radius 1 is 0.875 bits per heavy atom. The second-order valence-corrected chi connectivity index (χ2v) is 10.4. The molecule has 0 fully saturated rings. The fourth-order valence-electron chi connectivity index (χ4n) is 3.38. The van der Waals surface area contributed by atoms with Gasteiger partial charge in [-0.2, -0.15) is 0 Å². The van der Waals surface area contributed by atoms with Crippen LogP contribution in [0.4, 0.5) is 0 Å². The smallest absolute Gasteiger partial charge is 0.241 e. The Kier molecular flexibility index (Phi) is 8.23. The minimum absolute atomic E-state index is 0.0486. The van der Waals surface area contributed by atoms with E-state index in [9.17, 15) is 13.2 Å². The first-order chi connectivity index (χ1) is 15.2. The maximum Gasteiger partial charge on any atom is 0.241 e. The molecule has 3 aromatic carbocycles. The Morgan fingerprint density at radius 3 is 2.19 bits per heavy atom. The predicted molar refractivity (Wildman–Crippen MR) is 131 cm³/mol. The van der Waals surface area contributed by atoms with Crippen LogP contribution >= 0.6 is 15.9 Å². The molecule has 2 unspecified atom stereocenters. The summed E-state index contributed by atoms with van der Waals surface area (Å²) in [7, 11) is -3.64. The normalized spacial score (nSPS) is 13.3. The third-order valence-corrected chi connectivity index (χ3v) is 7.28. The SMILES string of the molecule is CC(NC(=O)CCc1ccc(S(=O)(=O)NC(C)c2ccccc2)cc1)c1cccc(Br)c1. The lowest BCUT2D eigenvalue weighted by Gasteiger charge is -2.15. The Balaban J connectivity index is 1.54. The van der Waals surface area contributed by atoms with Crippen LogP contribution in [0.15, 0.2) is 88.2 Å². The third-order valence-electron chi connectivity index (χ3n) is 5.23. The molecule has 0 aliphatic heterocycles. The highest BCUT2D eigenvalue weighted by molar-refractivity contribution is 9.10. The van der Waals surface area contributed by atoms with Crippen LogP contribution in [0.5, 0.6) is 0 Å². The number of amides is 1. The number of sulfonamides is 1. The van der Waals surface area contributed by atoms with Crippen molar-refractivity contribution < 1.29 is 13.2 Å². The van der Waals surface area contributed by atoms with Crippen LogP contribution < -0.4 is 10.0 Å². The van der Waals surface area contributed by atoms with E-state index in [0.717, 1.165) is 21.2 Å². The average molecular weight is 515 g/mol. The van der Waals surface area contributed by atoms with E-state index >= 15 is 0 Å². The van der Waals surface area contributed by atoms with Crippen LogP contribution in [0.3, 0.4) is 0 Å². The largest absolute Gasteiger partial charge is 0.350 e. The summed E-state index contributed by atoms with van der Waals surface area (Å²) in [6.45, 7) is 3.76. The van der Waals surface area contributed by atoms with Gasteiger partial charge in [-0.05, 0) is 61.2 Å². The van der Waals surface area contributed by atoms with E-state index in [2.05, 4.69) is 26.0 Å². The van der Waals surface area contributed by atoms with E-state index in [-0.39, 0.29) is 22.9 Å². The number of aryl methyl sites for hydroxylation is 1. The van der Waals surface area contributed by atoms with Gasteiger partial charge in [0.25, 0.3) is 0 Å². The number of hydrogen-bond donors (Lipinski definition) is 2. The van der Waals surface area contributed by atoms with E-state index in [1.54, 1.807) is 24.3 Å². The van der Waals surface area contributed by atoms with Crippen LogP contribution in [0.25, 0.3) is 0 Å². The van der Waals surface area contributed by atoms with Gasteiger partial charge in [0.2, 0.25) is 15.9 Å². The summed E-state index contributed by atoms with van der Waals surface area (Å²) in [5.41, 5.74) is 2.83. The maximum atomic E-state index is 12.7. The molecule has 3 rings (SSSR count). The summed E-state index contributed by atoms with van der Waals surface area (Å²) in [4.78, 5) is 12.5. The van der Waals surface area contributed by atoms with E-state index < -0.39 is 10.0 Å². The fourth-order valence-corrected chi connectivity index (χ4v) is 5.03. The van der Waals surface area contributed by atoms with Gasteiger partial charge in [-0.15, -0.1) is 0 Å². The molecule has 5 nitrogen and oxygen atoms in total. The van der Waals surface area contributed by atoms with Gasteiger partial charge < -0.3 is 5.32 Å². The Bertz CT molecular complexity index is 1150. The van der Waals surface area contributed by atoms with E-state index in [4.69, 9.17) is 0 Å². The summed E-state index contributed by atoms with van der Waals surface area (Å²) in [6, 6.07) is 23.5. The molecule has 0 radical (unpaired) electrons. The van der Waals surface area contributed by atoms with Gasteiger partial charge in [-0.3, -0.25) is 4.79 Å². The van der Waals surface area contributed by atoms with Gasteiger partial charge in [-0.1, -0.05) is 70.5 Å². The first kappa shape index (κ1) is 24.2. The van der Waals surface area contributed by atoms with E-state index in [0.29, 0.717) is 12.8 Å². The molecule has 0 saturated heterocycles. The number of hydrogen-bond acceptors (Lipinski definition) is 3. The first-order valence-electron chi connectivity index (χ1n) is 10.5. The standard InChI is InChI=1S/C25H27BrN2O3S/c1-18(22-9-6-10-23(26)17-22)27-25(29)16-13-20-11-14-24(15-12-20)32(30,31)28-19(2)21-7-4-3-5-8-21/h3-12,14-15,17-19,28H,13,16H2,1-2H3,(H,27,29). The summed E-state index contributed by atoms with van der Waals surface area (Å²) in [5, 5.41) is 3.00. The predicted octanol–water partition coefficient (Wildman–Crippen LogP) is 5.30. The number of halogens is 1. The fraction of sp³-hybridized carbons (Fsp3) is 0.240. The Hall–Kier alpha value is -2.48. The van der Waals surface area contributed by atoms with Gasteiger partial charge >= 0.3 is 0 Å². The highest BCUT2D eigenvalue weighted by atomic mass is 79.9. The van der Waals surface area contributed by atoms with Crippen LogP contribution in [0.2, 0.25) is 0 Å². The molecule has 0 aliphatic carbocycles. The number of nitrogens with one attached hydrogen (secondary N) is 2. The monoisotopic (exact) mass is 514 g/mol. The molecule has 2 atom stereocenters. The zero-order valence-corrected chi connectivity index (χ0v) is 20.5. The lowest BCUT2D eigenvalue weighted by atomic mass is 10.1. The molecular weight excluding hydrogens is 488 g/mol. The highest BCUT2D eigenvalue weighted by Gasteiger charge is 2.18. The van der Waals surface area contributed by atoms with E-state index in [1.165, 1.54) is 0 Å². The summed E-state index contributed by atoms with van der Waals surface area (Å²) >= 11 is 3.44. The van der Waals surface area contributed by atoms with Gasteiger partial charge in [0.1, 0.15) is 0 Å². The molecular formula is C25H27BrN2O3S. The average Bonchev–Trinajstić information content (AvgIpc) is 2.78. The van der Waals surface area contributed by atoms with Gasteiger partial charge in [0.05, 0.1) is 10.9 Å². The number of rotatable bonds is 9. The number of benzene rings is 3. The van der Waals surface area contributed by atoms with Crippen LogP contribution in [-0.4, -0.2) is 14.3 Å². The van der Waals surface area contributed by atoms with Crippen molar-refractivity contribution in [2.75, 3.05) is 0 Å². The molecule has 0 aromatic heterocycles. The van der Waals surface area contributed by atoms with Gasteiger partial charge in [0, 0.05) is 16.9 Å². The zero-order chi connectivity index (χ0) is 23.1. The molecule has 0 bridgehead atoms. The number of carbonyl (C=O) groups is 1. The van der Waals surface area contributed by atoms with Gasteiger partial charge in [-0.25, -0.2) is 13.1 Å². The molecule has 0 saturated carbocycles. The van der Waals surface area contributed by atoms with Crippen molar-refractivity contribution >= 4 is 31.9 Å². The quantitative estimate of drug-likeness (QED) is 0.406. The molecule has 3 aromatic rings. The summed E-state index contributed by atoms with van der Waals surface area (Å²) in [6.07, 6.45) is 0.860. The molecule has 7 heteroatoms. The summed E-state index contributed by atoms with van der Waals surface area (Å²) < 4.78 is 29.1. The minimum Gasteiger partial charge on any atom is -0.350 e. The molecule has 1 amide bonds. The lowest BCUT2D eigenvalue weighted by Crippen LogP contribution is -2.27. The second-order valence-electron chi connectivity index (χ2n) is 7.74. The van der Waals surface area contributed by atoms with Crippen molar-refractivity contribution in [3.63, 3.8) is 0 Å². The summed E-state index contributed by atoms with van der Waals surface area (Å²) in [5.74, 6) is -0.0486. The van der Waals surface area contributed by atoms with Gasteiger partial charge in [0.15, 0.2) is 0 Å². The van der Waals surface area contributed by atoms with Crippen LogP contribution in [0, 0.1) is 0 Å². The zero-order valence-electron chi connectivity index (χ0n) is 18.1. The number of carbonyl (C=O) groups excluding carboxylic acids is 1. The van der Waals surface area contributed by atoms with Crippen molar-refractivity contribution in [2.45, 2.75) is 43.7 Å². The molecule has 168 valence electrons. The molecule has 0 aliphatic rings. The third kappa shape index (κ3) is 6.76. The molecule has 32 heavy (non-hydrogen) atoms.